The zero-order valence-corrected chi connectivity index (χ0v) is 22.1. The Labute approximate surface area is 193 Å². The van der Waals surface area contributed by atoms with E-state index in [-0.39, 0.29) is 5.41 Å². The molecule has 0 aromatic heterocycles. The van der Waals surface area contributed by atoms with Crippen LogP contribution < -0.4 is 0 Å². The van der Waals surface area contributed by atoms with Crippen LogP contribution in [0.3, 0.4) is 0 Å². The number of aliphatic hydroxyl groups is 1. The average molecular weight is 429 g/mol. The minimum absolute atomic E-state index is 0.118. The summed E-state index contributed by atoms with van der Waals surface area (Å²) in [5.74, 6) is 3.57. The van der Waals surface area contributed by atoms with Gasteiger partial charge in [0.2, 0.25) is 0 Å². The second-order valence-corrected chi connectivity index (χ2v) is 15.2. The van der Waals surface area contributed by atoms with E-state index in [0.717, 1.165) is 18.3 Å². The molecule has 1 nitrogen and oxygen atoms in total. The zero-order chi connectivity index (χ0) is 22.7. The van der Waals surface area contributed by atoms with Crippen molar-refractivity contribution < 1.29 is 5.11 Å². The summed E-state index contributed by atoms with van der Waals surface area (Å²) in [5.41, 5.74) is 1.55. The summed E-state index contributed by atoms with van der Waals surface area (Å²) in [4.78, 5) is 0. The van der Waals surface area contributed by atoms with E-state index in [1.807, 2.05) is 0 Å². The van der Waals surface area contributed by atoms with Crippen LogP contribution in [0.25, 0.3) is 0 Å². The molecular weight excluding hydrogens is 376 g/mol. The molecule has 0 unspecified atom stereocenters. The van der Waals surface area contributed by atoms with Gasteiger partial charge in [0.05, 0.1) is 5.60 Å². The molecule has 0 aliphatic heterocycles. The second-order valence-electron chi connectivity index (χ2n) is 15.2. The molecule has 5 saturated carbocycles. The smallest absolute Gasteiger partial charge is 0.0734 e. The molecule has 5 fully saturated rings. The Morgan fingerprint density at radius 3 is 1.90 bits per heavy atom. The van der Waals surface area contributed by atoms with Crippen LogP contribution in [0.2, 0.25) is 0 Å². The van der Waals surface area contributed by atoms with E-state index in [9.17, 15) is 5.11 Å². The van der Waals surface area contributed by atoms with Gasteiger partial charge in [0, 0.05) is 0 Å². The molecule has 5 rings (SSSR count). The Balaban J connectivity index is 1.54. The lowest BCUT2D eigenvalue weighted by atomic mass is 9.31. The maximum absolute atomic E-state index is 12.2. The third-order valence-electron chi connectivity index (χ3n) is 13.8. The van der Waals surface area contributed by atoms with E-state index < -0.39 is 5.60 Å². The van der Waals surface area contributed by atoms with Crippen molar-refractivity contribution in [1.29, 1.82) is 0 Å². The fourth-order valence-corrected chi connectivity index (χ4v) is 12.1. The molecule has 31 heavy (non-hydrogen) atoms. The first kappa shape index (κ1) is 22.7. The topological polar surface area (TPSA) is 20.2 Å². The Morgan fingerprint density at radius 1 is 0.613 bits per heavy atom. The van der Waals surface area contributed by atoms with E-state index in [0.29, 0.717) is 39.4 Å². The van der Waals surface area contributed by atoms with Gasteiger partial charge in [-0.05, 0) is 121 Å². The first-order valence-electron chi connectivity index (χ1n) is 14.0. The van der Waals surface area contributed by atoms with Crippen LogP contribution in [0.4, 0.5) is 0 Å². The quantitative estimate of drug-likeness (QED) is 0.445. The van der Waals surface area contributed by atoms with Gasteiger partial charge in [-0.2, -0.15) is 0 Å². The van der Waals surface area contributed by atoms with Crippen molar-refractivity contribution in [2.45, 2.75) is 132 Å². The Kier molecular flexibility index (Phi) is 4.80. The standard InChI is InChI=1S/C30H52O/c1-20(2)21-12-16-29(8)24-11-10-23-26(5)15-9-14-25(3,4)22(26)13-17-27(23,6)28(24,7)18-19-30(21,29)31/h20-24,31H,9-19H2,1-8H3/t21-,22+,23-,24+,26+,27-,28-,29-,30+/m1/s1. The van der Waals surface area contributed by atoms with Gasteiger partial charge in [0.1, 0.15) is 0 Å². The molecule has 0 bridgehead atoms. The maximum atomic E-state index is 12.2. The summed E-state index contributed by atoms with van der Waals surface area (Å²) in [6, 6.07) is 0. The highest BCUT2D eigenvalue weighted by Gasteiger charge is 2.73. The Bertz CT molecular complexity index is 739. The van der Waals surface area contributed by atoms with Crippen LogP contribution in [0.5, 0.6) is 0 Å². The molecule has 0 amide bonds. The highest BCUT2D eigenvalue weighted by Crippen LogP contribution is 2.78. The molecule has 1 heteroatoms. The van der Waals surface area contributed by atoms with Gasteiger partial charge in [0.25, 0.3) is 0 Å². The van der Waals surface area contributed by atoms with E-state index in [2.05, 4.69) is 55.4 Å². The van der Waals surface area contributed by atoms with Gasteiger partial charge >= 0.3 is 0 Å². The highest BCUT2D eigenvalue weighted by molar-refractivity contribution is 5.22. The van der Waals surface area contributed by atoms with Crippen molar-refractivity contribution in [3.63, 3.8) is 0 Å². The van der Waals surface area contributed by atoms with Crippen LogP contribution in [0.1, 0.15) is 126 Å². The van der Waals surface area contributed by atoms with Crippen molar-refractivity contribution in [2.24, 2.45) is 56.7 Å². The largest absolute Gasteiger partial charge is 0.389 e. The molecule has 1 N–H and O–H groups in total. The zero-order valence-electron chi connectivity index (χ0n) is 22.1. The minimum atomic E-state index is -0.428. The third kappa shape index (κ3) is 2.54. The normalized spacial score (nSPS) is 58.3. The van der Waals surface area contributed by atoms with Crippen molar-refractivity contribution in [2.75, 3.05) is 0 Å². The van der Waals surface area contributed by atoms with Crippen molar-refractivity contribution in [3.05, 3.63) is 0 Å². The van der Waals surface area contributed by atoms with Gasteiger partial charge in [-0.3, -0.25) is 0 Å². The van der Waals surface area contributed by atoms with Crippen molar-refractivity contribution >= 4 is 0 Å². The average Bonchev–Trinajstić information content (AvgIpc) is 2.93. The van der Waals surface area contributed by atoms with Crippen LogP contribution in [0, 0.1) is 56.7 Å². The molecule has 178 valence electrons. The van der Waals surface area contributed by atoms with Crippen LogP contribution >= 0.6 is 0 Å². The fourth-order valence-electron chi connectivity index (χ4n) is 12.1. The molecule has 0 aromatic rings. The second kappa shape index (κ2) is 6.55. The maximum Gasteiger partial charge on any atom is 0.0734 e. The fraction of sp³-hybridized carbons (Fsp3) is 1.00. The third-order valence-corrected chi connectivity index (χ3v) is 13.8. The van der Waals surface area contributed by atoms with Crippen LogP contribution in [-0.4, -0.2) is 10.7 Å². The monoisotopic (exact) mass is 428 g/mol. The first-order chi connectivity index (χ1) is 14.3. The SMILES string of the molecule is CC(C)[C@H]1CC[C@]2(C)[C@H]3CC[C@@H]4[C@@]5(C)CCCC(C)(C)[C@@H]5CC[C@@]4(C)[C@]3(C)CC[C@]12O. The Hall–Kier alpha value is -0.0400. The molecule has 0 heterocycles. The molecule has 0 radical (unpaired) electrons. The predicted octanol–water partition coefficient (Wildman–Crippen LogP) is 8.25. The molecule has 9 atom stereocenters. The first-order valence-corrected chi connectivity index (χ1v) is 14.0. The predicted molar refractivity (Wildman–Crippen MR) is 131 cm³/mol. The van der Waals surface area contributed by atoms with Crippen molar-refractivity contribution in [3.8, 4) is 0 Å². The summed E-state index contributed by atoms with van der Waals surface area (Å²) in [7, 11) is 0. The lowest BCUT2D eigenvalue weighted by molar-refractivity contribution is -0.270. The van der Waals surface area contributed by atoms with Gasteiger partial charge in [-0.1, -0.05) is 61.8 Å². The number of fused-ring (bicyclic) bond motifs is 7. The molecule has 5 aliphatic rings. The lowest BCUT2D eigenvalue weighted by Gasteiger charge is -2.74. The van der Waals surface area contributed by atoms with Gasteiger partial charge in [-0.25, -0.2) is 0 Å². The summed E-state index contributed by atoms with van der Waals surface area (Å²) in [6.07, 6.45) is 14.8. The van der Waals surface area contributed by atoms with Gasteiger partial charge in [-0.15, -0.1) is 0 Å². The molecule has 0 aromatic carbocycles. The summed E-state index contributed by atoms with van der Waals surface area (Å²) >= 11 is 0. The van der Waals surface area contributed by atoms with E-state index in [1.54, 1.807) is 0 Å². The highest BCUT2D eigenvalue weighted by atomic mass is 16.3. The minimum Gasteiger partial charge on any atom is -0.389 e. The van der Waals surface area contributed by atoms with Crippen molar-refractivity contribution in [1.82, 2.24) is 0 Å². The van der Waals surface area contributed by atoms with Crippen LogP contribution in [-0.2, 0) is 0 Å². The Morgan fingerprint density at radius 2 is 1.23 bits per heavy atom. The van der Waals surface area contributed by atoms with Crippen LogP contribution in [0.15, 0.2) is 0 Å². The lowest BCUT2D eigenvalue weighted by Crippen LogP contribution is -2.69. The van der Waals surface area contributed by atoms with Gasteiger partial charge in [0.15, 0.2) is 0 Å². The summed E-state index contributed by atoms with van der Waals surface area (Å²) < 4.78 is 0. The summed E-state index contributed by atoms with van der Waals surface area (Å²) in [5, 5.41) is 12.2. The molecule has 0 spiro atoms. The molecular formula is C30H52O. The number of hydrogen-bond donors (Lipinski definition) is 1. The molecule has 5 aliphatic carbocycles. The summed E-state index contributed by atoms with van der Waals surface area (Å²) in [6.45, 7) is 20.5. The number of rotatable bonds is 1. The number of hydrogen-bond acceptors (Lipinski definition) is 1. The van der Waals surface area contributed by atoms with E-state index in [1.165, 1.54) is 64.2 Å². The molecule has 0 saturated heterocycles. The van der Waals surface area contributed by atoms with E-state index in [4.69, 9.17) is 0 Å². The van der Waals surface area contributed by atoms with Gasteiger partial charge < -0.3 is 5.11 Å². The van der Waals surface area contributed by atoms with E-state index >= 15 is 0 Å².